The van der Waals surface area contributed by atoms with E-state index >= 15 is 0 Å². The van der Waals surface area contributed by atoms with Crippen molar-refractivity contribution < 1.29 is 13.2 Å². The molecule has 0 amide bonds. The highest BCUT2D eigenvalue weighted by Crippen LogP contribution is 2.14. The van der Waals surface area contributed by atoms with Gasteiger partial charge in [0.1, 0.15) is 0 Å². The number of rotatable bonds is 7. The zero-order valence-corrected chi connectivity index (χ0v) is 11.6. The minimum atomic E-state index is -3.29. The van der Waals surface area contributed by atoms with Crippen molar-refractivity contribution in [3.63, 3.8) is 0 Å². The second kappa shape index (κ2) is 6.72. The van der Waals surface area contributed by atoms with Crippen LogP contribution in [0.25, 0.3) is 0 Å². The van der Waals surface area contributed by atoms with Crippen molar-refractivity contribution in [1.29, 1.82) is 0 Å². The van der Waals surface area contributed by atoms with E-state index in [0.717, 1.165) is 5.56 Å². The highest BCUT2D eigenvalue weighted by atomic mass is 32.2. The van der Waals surface area contributed by atoms with E-state index in [1.54, 1.807) is 13.1 Å². The Morgan fingerprint density at radius 2 is 2.00 bits per heavy atom. The fraction of sp³-hybridized carbons (Fsp3) is 0.500. The molecule has 18 heavy (non-hydrogen) atoms. The third-order valence-electron chi connectivity index (χ3n) is 2.61. The highest BCUT2D eigenvalue weighted by molar-refractivity contribution is 7.89. The van der Waals surface area contributed by atoms with Crippen LogP contribution in [0, 0.1) is 0 Å². The summed E-state index contributed by atoms with van der Waals surface area (Å²) in [5.74, 6) is -0.00984. The molecule has 5 nitrogen and oxygen atoms in total. The summed E-state index contributed by atoms with van der Waals surface area (Å²) in [7, 11) is -1.75. The van der Waals surface area contributed by atoms with Crippen molar-refractivity contribution in [2.75, 3.05) is 31.7 Å². The van der Waals surface area contributed by atoms with Crippen LogP contribution in [0.4, 0.5) is 5.69 Å². The van der Waals surface area contributed by atoms with Gasteiger partial charge in [-0.25, -0.2) is 12.7 Å². The minimum Gasteiger partial charge on any atom is -0.398 e. The third-order valence-corrected chi connectivity index (χ3v) is 4.37. The Bertz CT molecular complexity index is 474. The molecular weight excluding hydrogens is 252 g/mol. The summed E-state index contributed by atoms with van der Waals surface area (Å²) in [4.78, 5) is 0. The first-order valence-electron chi connectivity index (χ1n) is 5.82. The summed E-state index contributed by atoms with van der Waals surface area (Å²) in [5.41, 5.74) is 7.19. The Hall–Kier alpha value is -1.11. The lowest BCUT2D eigenvalue weighted by Gasteiger charge is -2.18. The largest absolute Gasteiger partial charge is 0.398 e. The molecule has 0 aliphatic heterocycles. The maximum absolute atomic E-state index is 11.9. The first-order chi connectivity index (χ1) is 8.47. The minimum absolute atomic E-state index is 0.00984. The number of nitrogen functional groups attached to an aromatic ring is 1. The van der Waals surface area contributed by atoms with Gasteiger partial charge in [0.2, 0.25) is 10.0 Å². The summed E-state index contributed by atoms with van der Waals surface area (Å²) in [6, 6.07) is 7.24. The second-order valence-corrected chi connectivity index (χ2v) is 6.16. The molecule has 0 radical (unpaired) electrons. The van der Waals surface area contributed by atoms with Crippen LogP contribution in [0.1, 0.15) is 12.5 Å². The molecule has 102 valence electrons. The number of ether oxygens (including phenoxy) is 1. The van der Waals surface area contributed by atoms with Crippen LogP contribution < -0.4 is 5.73 Å². The normalized spacial score (nSPS) is 11.9. The Kier molecular flexibility index (Phi) is 5.58. The fourth-order valence-corrected chi connectivity index (χ4v) is 2.46. The van der Waals surface area contributed by atoms with Gasteiger partial charge in [0.25, 0.3) is 0 Å². The van der Waals surface area contributed by atoms with Crippen molar-refractivity contribution in [2.24, 2.45) is 0 Å². The van der Waals surface area contributed by atoms with Gasteiger partial charge in [-0.1, -0.05) is 18.2 Å². The number of anilines is 1. The summed E-state index contributed by atoms with van der Waals surface area (Å²) in [6.07, 6.45) is 0. The highest BCUT2D eigenvalue weighted by Gasteiger charge is 2.18. The van der Waals surface area contributed by atoms with Crippen molar-refractivity contribution in [3.8, 4) is 0 Å². The van der Waals surface area contributed by atoms with Crippen molar-refractivity contribution >= 4 is 15.7 Å². The Balaban J connectivity index is 2.64. The van der Waals surface area contributed by atoms with Crippen LogP contribution in [0.15, 0.2) is 24.3 Å². The molecule has 2 N–H and O–H groups in total. The van der Waals surface area contributed by atoms with E-state index in [9.17, 15) is 8.42 Å². The first-order valence-corrected chi connectivity index (χ1v) is 7.43. The van der Waals surface area contributed by atoms with Crippen molar-refractivity contribution in [1.82, 2.24) is 4.31 Å². The van der Waals surface area contributed by atoms with Crippen LogP contribution in [0.5, 0.6) is 0 Å². The molecule has 0 saturated heterocycles. The molecule has 0 aromatic heterocycles. The summed E-state index contributed by atoms with van der Waals surface area (Å²) in [5, 5.41) is 0. The molecule has 1 aromatic rings. The second-order valence-electron chi connectivity index (χ2n) is 3.97. The van der Waals surface area contributed by atoms with Crippen molar-refractivity contribution in [3.05, 3.63) is 29.8 Å². The summed E-state index contributed by atoms with van der Waals surface area (Å²) >= 11 is 0. The van der Waals surface area contributed by atoms with E-state index in [1.165, 1.54) is 4.31 Å². The average molecular weight is 272 g/mol. The summed E-state index contributed by atoms with van der Waals surface area (Å²) < 4.78 is 30.2. The first kappa shape index (κ1) is 14.9. The molecule has 1 aromatic carbocycles. The molecule has 0 saturated carbocycles. The molecule has 0 aliphatic carbocycles. The van der Waals surface area contributed by atoms with Gasteiger partial charge >= 0.3 is 0 Å². The number of para-hydroxylation sites is 1. The standard InChI is InChI=1S/C12H20N2O3S/c1-3-17-8-9-18(15,16)14(2)10-11-6-4-5-7-12(11)13/h4-7H,3,8-10,13H2,1-2H3. The van der Waals surface area contributed by atoms with E-state index in [4.69, 9.17) is 10.5 Å². The van der Waals surface area contributed by atoms with Gasteiger partial charge < -0.3 is 10.5 Å². The van der Waals surface area contributed by atoms with E-state index in [-0.39, 0.29) is 18.9 Å². The number of nitrogens with two attached hydrogens (primary N) is 1. The molecule has 0 atom stereocenters. The van der Waals surface area contributed by atoms with Crippen LogP contribution in [-0.4, -0.2) is 38.7 Å². The fourth-order valence-electron chi connectivity index (χ4n) is 1.48. The number of benzene rings is 1. The maximum Gasteiger partial charge on any atom is 0.216 e. The third kappa shape index (κ3) is 4.29. The smallest absolute Gasteiger partial charge is 0.216 e. The Labute approximate surface area is 109 Å². The van der Waals surface area contributed by atoms with E-state index in [2.05, 4.69) is 0 Å². The van der Waals surface area contributed by atoms with Crippen LogP contribution in [0.3, 0.4) is 0 Å². The summed E-state index contributed by atoms with van der Waals surface area (Å²) in [6.45, 7) is 2.85. The molecular formula is C12H20N2O3S. The molecule has 0 spiro atoms. The number of nitrogens with zero attached hydrogens (tertiary/aromatic N) is 1. The predicted octanol–water partition coefficient (Wildman–Crippen LogP) is 1.07. The number of hydrogen-bond donors (Lipinski definition) is 1. The predicted molar refractivity (Wildman–Crippen MR) is 72.6 cm³/mol. The molecule has 0 bridgehead atoms. The van der Waals surface area contributed by atoms with Gasteiger partial charge in [0.15, 0.2) is 0 Å². The number of hydrogen-bond acceptors (Lipinski definition) is 4. The lowest BCUT2D eigenvalue weighted by molar-refractivity contribution is 0.162. The Morgan fingerprint density at radius 1 is 1.33 bits per heavy atom. The van der Waals surface area contributed by atoms with Crippen molar-refractivity contribution in [2.45, 2.75) is 13.5 Å². The van der Waals surface area contributed by atoms with Crippen LogP contribution in [-0.2, 0) is 21.3 Å². The topological polar surface area (TPSA) is 72.6 Å². The quantitative estimate of drug-likeness (QED) is 0.595. The van der Waals surface area contributed by atoms with Gasteiger partial charge in [-0.2, -0.15) is 0 Å². The molecule has 0 unspecified atom stereocenters. The molecule has 0 heterocycles. The Morgan fingerprint density at radius 3 is 2.61 bits per heavy atom. The zero-order valence-electron chi connectivity index (χ0n) is 10.8. The molecule has 0 fully saturated rings. The maximum atomic E-state index is 11.9. The van der Waals surface area contributed by atoms with Gasteiger partial charge in [-0.15, -0.1) is 0 Å². The van der Waals surface area contributed by atoms with Gasteiger partial charge in [-0.3, -0.25) is 0 Å². The van der Waals surface area contributed by atoms with Gasteiger partial charge in [-0.05, 0) is 18.6 Å². The lowest BCUT2D eigenvalue weighted by atomic mass is 10.2. The van der Waals surface area contributed by atoms with E-state index in [1.807, 2.05) is 25.1 Å². The molecule has 0 aliphatic rings. The monoisotopic (exact) mass is 272 g/mol. The van der Waals surface area contributed by atoms with E-state index in [0.29, 0.717) is 12.3 Å². The molecule has 1 rings (SSSR count). The van der Waals surface area contributed by atoms with Crippen LogP contribution >= 0.6 is 0 Å². The van der Waals surface area contributed by atoms with Gasteiger partial charge in [0.05, 0.1) is 12.4 Å². The number of sulfonamides is 1. The lowest BCUT2D eigenvalue weighted by Crippen LogP contribution is -2.30. The zero-order chi connectivity index (χ0) is 13.6. The SMILES string of the molecule is CCOCCS(=O)(=O)N(C)Cc1ccccc1N. The average Bonchev–Trinajstić information content (AvgIpc) is 2.32. The van der Waals surface area contributed by atoms with Gasteiger partial charge in [0, 0.05) is 25.9 Å². The van der Waals surface area contributed by atoms with E-state index < -0.39 is 10.0 Å². The molecule has 6 heteroatoms. The van der Waals surface area contributed by atoms with Crippen LogP contribution in [0.2, 0.25) is 0 Å².